The van der Waals surface area contributed by atoms with Crippen molar-refractivity contribution in [2.24, 2.45) is 5.92 Å². The number of aromatic nitrogens is 1. The monoisotopic (exact) mass is 302 g/mol. The largest absolute Gasteiger partial charge is 0.381 e. The second-order valence-electron chi connectivity index (χ2n) is 6.81. The molecule has 22 heavy (non-hydrogen) atoms. The Kier molecular flexibility index (Phi) is 4.28. The zero-order valence-electron chi connectivity index (χ0n) is 13.2. The fourth-order valence-corrected chi connectivity index (χ4v) is 3.87. The normalized spacial score (nSPS) is 28.0. The number of hydrogen-bond donors (Lipinski definition) is 0. The van der Waals surface area contributed by atoms with Gasteiger partial charge in [0.2, 0.25) is 0 Å². The van der Waals surface area contributed by atoms with Gasteiger partial charge in [0.15, 0.2) is 0 Å². The highest BCUT2D eigenvalue weighted by atomic mass is 16.5. The van der Waals surface area contributed by atoms with Gasteiger partial charge in [0.05, 0.1) is 6.61 Å². The number of nitrogens with zero attached hydrogens (tertiary/aromatic N) is 4. The number of pyridine rings is 1. The molecular weight excluding hydrogens is 276 g/mol. The van der Waals surface area contributed by atoms with Gasteiger partial charge in [0, 0.05) is 64.7 Å². The Hall–Kier alpha value is -1.17. The molecule has 0 N–H and O–H groups in total. The molecule has 1 atom stereocenters. The summed E-state index contributed by atoms with van der Waals surface area (Å²) in [6.07, 6.45) is 3.14. The number of piperazine rings is 1. The molecule has 0 aliphatic carbocycles. The van der Waals surface area contributed by atoms with Crippen LogP contribution in [0.15, 0.2) is 24.4 Å². The first-order valence-electron chi connectivity index (χ1n) is 8.58. The van der Waals surface area contributed by atoms with Crippen LogP contribution in [0, 0.1) is 5.92 Å². The van der Waals surface area contributed by atoms with E-state index in [1.807, 2.05) is 12.3 Å². The smallest absolute Gasteiger partial charge is 0.128 e. The van der Waals surface area contributed by atoms with Gasteiger partial charge >= 0.3 is 0 Å². The molecule has 1 aromatic rings. The molecule has 1 aromatic heterocycles. The second kappa shape index (κ2) is 6.52. The fraction of sp³-hybridized carbons (Fsp3) is 0.706. The third-order valence-corrected chi connectivity index (χ3v) is 5.28. The Morgan fingerprint density at radius 2 is 2.00 bits per heavy atom. The lowest BCUT2D eigenvalue weighted by molar-refractivity contribution is 0.0198. The molecule has 0 bridgehead atoms. The van der Waals surface area contributed by atoms with Gasteiger partial charge in [-0.15, -0.1) is 0 Å². The van der Waals surface area contributed by atoms with E-state index in [2.05, 4.69) is 31.8 Å². The summed E-state index contributed by atoms with van der Waals surface area (Å²) in [6.45, 7) is 10.2. The molecule has 3 aliphatic rings. The van der Waals surface area contributed by atoms with Gasteiger partial charge in [-0.05, 0) is 24.5 Å². The summed E-state index contributed by atoms with van der Waals surface area (Å²) in [5.74, 6) is 1.90. The number of anilines is 1. The summed E-state index contributed by atoms with van der Waals surface area (Å²) in [7, 11) is 0. The van der Waals surface area contributed by atoms with Gasteiger partial charge < -0.3 is 9.64 Å². The summed E-state index contributed by atoms with van der Waals surface area (Å²) >= 11 is 0. The Labute approximate surface area is 132 Å². The molecular formula is C17H26N4O. The minimum atomic E-state index is 0.771. The first-order chi connectivity index (χ1) is 10.9. The average Bonchev–Trinajstić information content (AvgIpc) is 3.05. The SMILES string of the molecule is c1ccc(N2CCN(C3CN(CC4CCOC4)C3)CC2)nc1. The van der Waals surface area contributed by atoms with Crippen LogP contribution in [0.2, 0.25) is 0 Å². The summed E-state index contributed by atoms with van der Waals surface area (Å²) < 4.78 is 5.48. The van der Waals surface area contributed by atoms with Crippen molar-refractivity contribution in [1.29, 1.82) is 0 Å². The van der Waals surface area contributed by atoms with E-state index in [1.54, 1.807) is 0 Å². The summed E-state index contributed by atoms with van der Waals surface area (Å²) in [5, 5.41) is 0. The van der Waals surface area contributed by atoms with Crippen molar-refractivity contribution in [2.75, 3.05) is 63.9 Å². The van der Waals surface area contributed by atoms with Crippen LogP contribution in [-0.2, 0) is 4.74 Å². The standard InChI is InChI=1S/C17H26N4O/c1-2-5-18-17(3-1)21-8-6-20(7-9-21)16-12-19(13-16)11-15-4-10-22-14-15/h1-3,5,15-16H,4,6-14H2. The van der Waals surface area contributed by atoms with Gasteiger partial charge in [-0.3, -0.25) is 9.80 Å². The summed E-state index contributed by atoms with van der Waals surface area (Å²) in [5.41, 5.74) is 0. The highest BCUT2D eigenvalue weighted by Crippen LogP contribution is 2.22. The number of ether oxygens (including phenoxy) is 1. The second-order valence-corrected chi connectivity index (χ2v) is 6.81. The zero-order chi connectivity index (χ0) is 14.8. The highest BCUT2D eigenvalue weighted by Gasteiger charge is 2.34. The van der Waals surface area contributed by atoms with E-state index in [1.165, 1.54) is 39.1 Å². The van der Waals surface area contributed by atoms with Gasteiger partial charge in [-0.1, -0.05) is 6.07 Å². The zero-order valence-corrected chi connectivity index (χ0v) is 13.2. The Balaban J connectivity index is 1.20. The first-order valence-corrected chi connectivity index (χ1v) is 8.58. The molecule has 4 rings (SSSR count). The Bertz CT molecular complexity index is 463. The van der Waals surface area contributed by atoms with E-state index in [0.29, 0.717) is 0 Å². The van der Waals surface area contributed by atoms with Gasteiger partial charge in [-0.2, -0.15) is 0 Å². The predicted molar refractivity (Wildman–Crippen MR) is 87.2 cm³/mol. The predicted octanol–water partition coefficient (Wildman–Crippen LogP) is 0.924. The van der Waals surface area contributed by atoms with E-state index in [9.17, 15) is 0 Å². The topological polar surface area (TPSA) is 31.8 Å². The van der Waals surface area contributed by atoms with Crippen LogP contribution in [0.1, 0.15) is 6.42 Å². The third-order valence-electron chi connectivity index (χ3n) is 5.28. The lowest BCUT2D eigenvalue weighted by atomic mass is 10.0. The van der Waals surface area contributed by atoms with Crippen molar-refractivity contribution in [3.63, 3.8) is 0 Å². The molecule has 0 spiro atoms. The fourth-order valence-electron chi connectivity index (χ4n) is 3.87. The molecule has 5 nitrogen and oxygen atoms in total. The van der Waals surface area contributed by atoms with Gasteiger partial charge in [0.1, 0.15) is 5.82 Å². The molecule has 0 amide bonds. The quantitative estimate of drug-likeness (QED) is 0.826. The number of rotatable bonds is 4. The molecule has 5 heteroatoms. The number of hydrogen-bond acceptors (Lipinski definition) is 5. The molecule has 120 valence electrons. The van der Waals surface area contributed by atoms with Gasteiger partial charge in [-0.25, -0.2) is 4.98 Å². The maximum Gasteiger partial charge on any atom is 0.128 e. The van der Waals surface area contributed by atoms with Crippen LogP contribution < -0.4 is 4.90 Å². The van der Waals surface area contributed by atoms with E-state index < -0.39 is 0 Å². The van der Waals surface area contributed by atoms with E-state index in [-0.39, 0.29) is 0 Å². The maximum absolute atomic E-state index is 5.48. The van der Waals surface area contributed by atoms with Crippen molar-refractivity contribution in [1.82, 2.24) is 14.8 Å². The summed E-state index contributed by atoms with van der Waals surface area (Å²) in [4.78, 5) is 12.1. The van der Waals surface area contributed by atoms with Crippen molar-refractivity contribution in [3.05, 3.63) is 24.4 Å². The molecule has 3 saturated heterocycles. The van der Waals surface area contributed by atoms with Crippen LogP contribution in [0.4, 0.5) is 5.82 Å². The van der Waals surface area contributed by atoms with Gasteiger partial charge in [0.25, 0.3) is 0 Å². The first kappa shape index (κ1) is 14.4. The molecule has 1 unspecified atom stereocenters. The van der Waals surface area contributed by atoms with Crippen LogP contribution in [-0.4, -0.2) is 79.9 Å². The Morgan fingerprint density at radius 1 is 1.14 bits per heavy atom. The molecule has 3 fully saturated rings. The minimum Gasteiger partial charge on any atom is -0.381 e. The van der Waals surface area contributed by atoms with Crippen LogP contribution >= 0.6 is 0 Å². The highest BCUT2D eigenvalue weighted by molar-refractivity contribution is 5.38. The van der Waals surface area contributed by atoms with Crippen molar-refractivity contribution < 1.29 is 4.74 Å². The van der Waals surface area contributed by atoms with E-state index in [4.69, 9.17) is 4.74 Å². The molecule has 0 radical (unpaired) electrons. The molecule has 3 aliphatic heterocycles. The van der Waals surface area contributed by atoms with Crippen molar-refractivity contribution in [2.45, 2.75) is 12.5 Å². The summed E-state index contributed by atoms with van der Waals surface area (Å²) in [6, 6.07) is 6.95. The minimum absolute atomic E-state index is 0.771. The van der Waals surface area contributed by atoms with Crippen molar-refractivity contribution >= 4 is 5.82 Å². The van der Waals surface area contributed by atoms with Crippen LogP contribution in [0.5, 0.6) is 0 Å². The average molecular weight is 302 g/mol. The lowest BCUT2D eigenvalue weighted by Crippen LogP contribution is -2.63. The van der Waals surface area contributed by atoms with Crippen LogP contribution in [0.3, 0.4) is 0 Å². The van der Waals surface area contributed by atoms with E-state index >= 15 is 0 Å². The lowest BCUT2D eigenvalue weighted by Gasteiger charge is -2.49. The van der Waals surface area contributed by atoms with E-state index in [0.717, 1.165) is 44.1 Å². The molecule has 4 heterocycles. The third kappa shape index (κ3) is 3.12. The molecule has 0 aromatic carbocycles. The maximum atomic E-state index is 5.48. The van der Waals surface area contributed by atoms with Crippen molar-refractivity contribution in [3.8, 4) is 0 Å². The number of likely N-dealkylation sites (tertiary alicyclic amines) is 1. The Morgan fingerprint density at radius 3 is 2.68 bits per heavy atom. The molecule has 0 saturated carbocycles. The van der Waals surface area contributed by atoms with Crippen LogP contribution in [0.25, 0.3) is 0 Å².